The number of hydrogen-bond donors (Lipinski definition) is 1. The number of carbonyl (C=O) groups is 1. The zero-order valence-electron chi connectivity index (χ0n) is 10.6. The molecule has 0 aliphatic carbocycles. The number of rotatable bonds is 3. The highest BCUT2D eigenvalue weighted by Crippen LogP contribution is 2.11. The van der Waals surface area contributed by atoms with Crippen LogP contribution in [0.2, 0.25) is 0 Å². The molecular formula is C12H16N6O. The zero-order valence-corrected chi connectivity index (χ0v) is 10.6. The summed E-state index contributed by atoms with van der Waals surface area (Å²) in [5, 5.41) is 10.8. The van der Waals surface area contributed by atoms with E-state index in [0.29, 0.717) is 11.5 Å². The van der Waals surface area contributed by atoms with Crippen LogP contribution in [0.5, 0.6) is 0 Å². The molecular weight excluding hydrogens is 244 g/mol. The maximum absolute atomic E-state index is 12.0. The van der Waals surface area contributed by atoms with Gasteiger partial charge in [-0.2, -0.15) is 0 Å². The van der Waals surface area contributed by atoms with Crippen molar-refractivity contribution < 1.29 is 4.79 Å². The zero-order chi connectivity index (χ0) is 13.1. The molecule has 1 N–H and O–H groups in total. The molecule has 2 aromatic rings. The van der Waals surface area contributed by atoms with Gasteiger partial charge < -0.3 is 10.2 Å². The van der Waals surface area contributed by atoms with Gasteiger partial charge in [0.25, 0.3) is 0 Å². The number of hydrogen-bond acceptors (Lipinski definition) is 5. The summed E-state index contributed by atoms with van der Waals surface area (Å²) < 4.78 is 1.76. The van der Waals surface area contributed by atoms with E-state index in [0.717, 1.165) is 25.9 Å². The van der Waals surface area contributed by atoms with E-state index >= 15 is 0 Å². The molecule has 7 nitrogen and oxygen atoms in total. The van der Waals surface area contributed by atoms with E-state index in [1.165, 1.54) is 6.42 Å². The van der Waals surface area contributed by atoms with Crippen molar-refractivity contribution in [2.75, 3.05) is 25.0 Å². The molecule has 0 aromatic carbocycles. The molecule has 0 unspecified atom stereocenters. The predicted molar refractivity (Wildman–Crippen MR) is 69.7 cm³/mol. The summed E-state index contributed by atoms with van der Waals surface area (Å²) in [6, 6.07) is 0. The Balaban J connectivity index is 1.65. The standard InChI is InChI=1S/C12H16N6O/c19-10(17-5-2-1-3-6-17)8-14-11-12-16-15-9-18(12)7-4-13-11/h4,7,9H,1-3,5-6,8H2,(H,13,14). The molecule has 0 atom stereocenters. The van der Waals surface area contributed by atoms with Crippen molar-refractivity contribution in [3.05, 3.63) is 18.7 Å². The molecule has 0 bridgehead atoms. The van der Waals surface area contributed by atoms with Crippen LogP contribution >= 0.6 is 0 Å². The third-order valence-electron chi connectivity index (χ3n) is 3.33. The SMILES string of the molecule is O=C(CNc1nccn2cnnc12)N1CCCCC1. The van der Waals surface area contributed by atoms with Gasteiger partial charge in [-0.1, -0.05) is 0 Å². The molecule has 0 saturated carbocycles. The van der Waals surface area contributed by atoms with E-state index in [1.807, 2.05) is 4.90 Å². The Bertz CT molecular complexity index is 574. The van der Waals surface area contributed by atoms with Crippen LogP contribution in [-0.4, -0.2) is 50.0 Å². The molecule has 1 aliphatic rings. The fraction of sp³-hybridized carbons (Fsp3) is 0.500. The first-order valence-corrected chi connectivity index (χ1v) is 6.50. The van der Waals surface area contributed by atoms with Crippen LogP contribution in [-0.2, 0) is 4.79 Å². The first-order chi connectivity index (χ1) is 9.34. The molecule has 2 aromatic heterocycles. The third kappa shape index (κ3) is 2.49. The van der Waals surface area contributed by atoms with Gasteiger partial charge in [-0.3, -0.25) is 9.20 Å². The van der Waals surface area contributed by atoms with Gasteiger partial charge in [0.2, 0.25) is 11.6 Å². The molecule has 1 amide bonds. The highest BCUT2D eigenvalue weighted by atomic mass is 16.2. The molecule has 19 heavy (non-hydrogen) atoms. The van der Waals surface area contributed by atoms with E-state index in [1.54, 1.807) is 23.1 Å². The third-order valence-corrected chi connectivity index (χ3v) is 3.33. The number of nitrogens with one attached hydrogen (secondary N) is 1. The first-order valence-electron chi connectivity index (χ1n) is 6.50. The van der Waals surface area contributed by atoms with Crippen LogP contribution in [0.3, 0.4) is 0 Å². The summed E-state index contributed by atoms with van der Waals surface area (Å²) in [6.45, 7) is 1.98. The summed E-state index contributed by atoms with van der Waals surface area (Å²) in [4.78, 5) is 18.1. The second-order valence-electron chi connectivity index (χ2n) is 4.63. The number of fused-ring (bicyclic) bond motifs is 1. The van der Waals surface area contributed by atoms with Crippen LogP contribution in [0.15, 0.2) is 18.7 Å². The Kier molecular flexibility index (Phi) is 3.26. The van der Waals surface area contributed by atoms with Crippen LogP contribution in [0.4, 0.5) is 5.82 Å². The number of amides is 1. The minimum Gasteiger partial charge on any atom is -0.358 e. The second-order valence-corrected chi connectivity index (χ2v) is 4.63. The van der Waals surface area contributed by atoms with Crippen LogP contribution in [0.1, 0.15) is 19.3 Å². The largest absolute Gasteiger partial charge is 0.358 e. The smallest absolute Gasteiger partial charge is 0.241 e. The topological polar surface area (TPSA) is 75.4 Å². The molecule has 0 spiro atoms. The highest BCUT2D eigenvalue weighted by molar-refractivity contribution is 5.81. The Morgan fingerprint density at radius 2 is 2.16 bits per heavy atom. The summed E-state index contributed by atoms with van der Waals surface area (Å²) in [7, 11) is 0. The van der Waals surface area contributed by atoms with Crippen LogP contribution in [0, 0.1) is 0 Å². The molecule has 100 valence electrons. The van der Waals surface area contributed by atoms with Gasteiger partial charge in [-0.15, -0.1) is 10.2 Å². The normalized spacial score (nSPS) is 15.7. The van der Waals surface area contributed by atoms with Gasteiger partial charge in [0.15, 0.2) is 5.82 Å². The lowest BCUT2D eigenvalue weighted by atomic mass is 10.1. The minimum absolute atomic E-state index is 0.114. The van der Waals surface area contributed by atoms with E-state index in [4.69, 9.17) is 0 Å². The first kappa shape index (κ1) is 11.9. The Hall–Kier alpha value is -2.18. The highest BCUT2D eigenvalue weighted by Gasteiger charge is 2.16. The minimum atomic E-state index is 0.114. The van der Waals surface area contributed by atoms with Crippen LogP contribution < -0.4 is 5.32 Å². The van der Waals surface area contributed by atoms with Crippen molar-refractivity contribution in [3.63, 3.8) is 0 Å². The average molecular weight is 260 g/mol. The van der Waals surface area contributed by atoms with Gasteiger partial charge in [0, 0.05) is 25.5 Å². The maximum atomic E-state index is 12.0. The summed E-state index contributed by atoms with van der Waals surface area (Å²) in [5.41, 5.74) is 0.633. The van der Waals surface area contributed by atoms with Crippen molar-refractivity contribution in [1.29, 1.82) is 0 Å². The fourth-order valence-electron chi connectivity index (χ4n) is 2.30. The number of likely N-dealkylation sites (tertiary alicyclic amines) is 1. The fourth-order valence-corrected chi connectivity index (χ4v) is 2.30. The lowest BCUT2D eigenvalue weighted by molar-refractivity contribution is -0.130. The molecule has 1 aliphatic heterocycles. The number of carbonyl (C=O) groups excluding carboxylic acids is 1. The Morgan fingerprint density at radius 3 is 3.00 bits per heavy atom. The summed E-state index contributed by atoms with van der Waals surface area (Å²) in [6.07, 6.45) is 8.46. The second kappa shape index (κ2) is 5.21. The molecule has 1 fully saturated rings. The maximum Gasteiger partial charge on any atom is 0.241 e. The Labute approximate surface area is 110 Å². The van der Waals surface area contributed by atoms with Crippen molar-refractivity contribution in [2.24, 2.45) is 0 Å². The molecule has 3 rings (SSSR count). The van der Waals surface area contributed by atoms with E-state index in [2.05, 4.69) is 20.5 Å². The van der Waals surface area contributed by atoms with E-state index in [-0.39, 0.29) is 12.5 Å². The van der Waals surface area contributed by atoms with Gasteiger partial charge in [-0.25, -0.2) is 4.98 Å². The van der Waals surface area contributed by atoms with Crippen molar-refractivity contribution >= 4 is 17.4 Å². The molecule has 1 saturated heterocycles. The number of piperidine rings is 1. The Morgan fingerprint density at radius 1 is 1.32 bits per heavy atom. The molecule has 0 radical (unpaired) electrons. The van der Waals surface area contributed by atoms with Crippen molar-refractivity contribution in [3.8, 4) is 0 Å². The van der Waals surface area contributed by atoms with Crippen molar-refractivity contribution in [1.82, 2.24) is 24.5 Å². The summed E-state index contributed by atoms with van der Waals surface area (Å²) >= 11 is 0. The number of nitrogens with zero attached hydrogens (tertiary/aromatic N) is 5. The monoisotopic (exact) mass is 260 g/mol. The van der Waals surface area contributed by atoms with Gasteiger partial charge in [0.05, 0.1) is 6.54 Å². The van der Waals surface area contributed by atoms with E-state index in [9.17, 15) is 4.79 Å². The lowest BCUT2D eigenvalue weighted by Crippen LogP contribution is -2.39. The predicted octanol–water partition coefficient (Wildman–Crippen LogP) is 0.549. The number of aromatic nitrogens is 4. The summed E-state index contributed by atoms with van der Waals surface area (Å²) in [5.74, 6) is 0.702. The van der Waals surface area contributed by atoms with Gasteiger partial charge in [0.1, 0.15) is 6.33 Å². The number of anilines is 1. The molecule has 3 heterocycles. The van der Waals surface area contributed by atoms with E-state index < -0.39 is 0 Å². The van der Waals surface area contributed by atoms with Gasteiger partial charge >= 0.3 is 0 Å². The lowest BCUT2D eigenvalue weighted by Gasteiger charge is -2.26. The van der Waals surface area contributed by atoms with Crippen molar-refractivity contribution in [2.45, 2.75) is 19.3 Å². The quantitative estimate of drug-likeness (QED) is 0.872. The van der Waals surface area contributed by atoms with Crippen LogP contribution in [0.25, 0.3) is 5.65 Å². The average Bonchev–Trinajstić information content (AvgIpc) is 2.94. The molecule has 7 heteroatoms. The van der Waals surface area contributed by atoms with Gasteiger partial charge in [-0.05, 0) is 19.3 Å².